The highest BCUT2D eigenvalue weighted by Crippen LogP contribution is 2.28. The predicted molar refractivity (Wildman–Crippen MR) is 72.5 cm³/mol. The largest absolute Gasteiger partial charge is 0.389 e. The van der Waals surface area contributed by atoms with Crippen molar-refractivity contribution < 1.29 is 14.6 Å². The van der Waals surface area contributed by atoms with Gasteiger partial charge >= 0.3 is 0 Å². The topological polar surface area (TPSA) is 64.7 Å². The molecular formula is C14H29NO3. The van der Waals surface area contributed by atoms with Gasteiger partial charge in [0.1, 0.15) is 0 Å². The van der Waals surface area contributed by atoms with Crippen LogP contribution in [0.2, 0.25) is 0 Å². The number of hydrogen-bond acceptors (Lipinski definition) is 4. The van der Waals surface area contributed by atoms with Crippen molar-refractivity contribution in [2.45, 2.75) is 63.7 Å². The fourth-order valence-electron chi connectivity index (χ4n) is 2.31. The molecule has 0 heterocycles. The summed E-state index contributed by atoms with van der Waals surface area (Å²) >= 11 is 0. The van der Waals surface area contributed by atoms with Gasteiger partial charge in [-0.1, -0.05) is 0 Å². The Balaban J connectivity index is 2.16. The molecule has 1 aliphatic carbocycles. The lowest BCUT2D eigenvalue weighted by Gasteiger charge is -2.31. The minimum Gasteiger partial charge on any atom is -0.389 e. The lowest BCUT2D eigenvalue weighted by Crippen LogP contribution is -2.48. The first kappa shape index (κ1) is 15.9. The zero-order valence-corrected chi connectivity index (χ0v) is 12.0. The Bertz CT molecular complexity index is 220. The van der Waals surface area contributed by atoms with Crippen LogP contribution in [0.15, 0.2) is 0 Å². The third-order valence-corrected chi connectivity index (χ3v) is 3.87. The van der Waals surface area contributed by atoms with E-state index in [0.717, 1.165) is 31.8 Å². The zero-order chi connectivity index (χ0) is 13.6. The molecule has 0 spiro atoms. The molecule has 1 unspecified atom stereocenters. The molecule has 1 aliphatic rings. The van der Waals surface area contributed by atoms with Gasteiger partial charge in [0.15, 0.2) is 0 Å². The van der Waals surface area contributed by atoms with Crippen LogP contribution in [-0.4, -0.2) is 43.2 Å². The van der Waals surface area contributed by atoms with E-state index in [1.54, 1.807) is 7.11 Å². The molecule has 0 bridgehead atoms. The maximum Gasteiger partial charge on any atom is 0.0947 e. The normalized spacial score (nSPS) is 27.2. The maximum absolute atomic E-state index is 9.82. The molecule has 1 atom stereocenters. The third-order valence-electron chi connectivity index (χ3n) is 3.87. The van der Waals surface area contributed by atoms with Crippen molar-refractivity contribution in [1.29, 1.82) is 0 Å². The Hall–Kier alpha value is -0.160. The van der Waals surface area contributed by atoms with Gasteiger partial charge in [-0.3, -0.25) is 0 Å². The van der Waals surface area contributed by atoms with Crippen molar-refractivity contribution in [2.24, 2.45) is 11.7 Å². The molecule has 18 heavy (non-hydrogen) atoms. The predicted octanol–water partition coefficient (Wildman–Crippen LogP) is 1.70. The van der Waals surface area contributed by atoms with E-state index in [4.69, 9.17) is 15.2 Å². The van der Waals surface area contributed by atoms with E-state index in [0.29, 0.717) is 12.7 Å². The molecule has 3 N–H and O–H groups in total. The first-order valence-electron chi connectivity index (χ1n) is 7.01. The van der Waals surface area contributed by atoms with Crippen LogP contribution in [0.3, 0.4) is 0 Å². The second-order valence-electron chi connectivity index (χ2n) is 6.09. The van der Waals surface area contributed by atoms with Crippen LogP contribution in [0.4, 0.5) is 0 Å². The lowest BCUT2D eigenvalue weighted by atomic mass is 9.85. The quantitative estimate of drug-likeness (QED) is 0.730. The molecule has 1 fully saturated rings. The Labute approximate surface area is 111 Å². The Morgan fingerprint density at radius 3 is 2.39 bits per heavy atom. The Kier molecular flexibility index (Phi) is 6.57. The summed E-state index contributed by atoms with van der Waals surface area (Å²) in [4.78, 5) is 0. The van der Waals surface area contributed by atoms with Crippen molar-refractivity contribution >= 4 is 0 Å². The molecule has 4 heteroatoms. The molecule has 1 saturated carbocycles. The molecule has 0 aromatic carbocycles. The molecule has 0 amide bonds. The van der Waals surface area contributed by atoms with E-state index >= 15 is 0 Å². The van der Waals surface area contributed by atoms with Gasteiger partial charge in [0.05, 0.1) is 18.8 Å². The summed E-state index contributed by atoms with van der Waals surface area (Å²) in [5.74, 6) is 0.778. The van der Waals surface area contributed by atoms with Gasteiger partial charge in [-0.05, 0) is 51.9 Å². The summed E-state index contributed by atoms with van der Waals surface area (Å²) in [6.07, 6.45) is 5.44. The van der Waals surface area contributed by atoms with Crippen LogP contribution >= 0.6 is 0 Å². The van der Waals surface area contributed by atoms with Crippen LogP contribution in [0.25, 0.3) is 0 Å². The van der Waals surface area contributed by atoms with Crippen LogP contribution < -0.4 is 5.73 Å². The number of rotatable bonds is 7. The number of aliphatic hydroxyl groups is 1. The van der Waals surface area contributed by atoms with E-state index in [9.17, 15) is 5.11 Å². The van der Waals surface area contributed by atoms with E-state index < -0.39 is 11.6 Å². The highest BCUT2D eigenvalue weighted by atomic mass is 16.5. The number of methoxy groups -OCH3 is 1. The van der Waals surface area contributed by atoms with Crippen LogP contribution in [0.1, 0.15) is 46.0 Å². The summed E-state index contributed by atoms with van der Waals surface area (Å²) < 4.78 is 10.9. The Morgan fingerprint density at radius 1 is 1.28 bits per heavy atom. The molecule has 0 saturated heterocycles. The molecule has 1 rings (SSSR count). The highest BCUT2D eigenvalue weighted by molar-refractivity contribution is 4.82. The highest BCUT2D eigenvalue weighted by Gasteiger charge is 2.26. The van der Waals surface area contributed by atoms with Crippen molar-refractivity contribution in [3.05, 3.63) is 0 Å². The number of ether oxygens (including phenoxy) is 2. The minimum absolute atomic E-state index is 0.292. The van der Waals surface area contributed by atoms with Gasteiger partial charge in [0.25, 0.3) is 0 Å². The number of nitrogens with two attached hydrogens (primary N) is 1. The second-order valence-corrected chi connectivity index (χ2v) is 6.09. The SMILES string of the molecule is COCCC1CCC(OCC(O)C(C)(C)N)CC1. The van der Waals surface area contributed by atoms with Crippen LogP contribution in [0, 0.1) is 5.92 Å². The summed E-state index contributed by atoms with van der Waals surface area (Å²) in [6, 6.07) is 0. The number of hydrogen-bond donors (Lipinski definition) is 2. The monoisotopic (exact) mass is 259 g/mol. The van der Waals surface area contributed by atoms with Gasteiger partial charge in [-0.2, -0.15) is 0 Å². The van der Waals surface area contributed by atoms with Crippen LogP contribution in [0.5, 0.6) is 0 Å². The first-order valence-corrected chi connectivity index (χ1v) is 7.01. The van der Waals surface area contributed by atoms with Crippen LogP contribution in [-0.2, 0) is 9.47 Å². The van der Waals surface area contributed by atoms with Gasteiger partial charge < -0.3 is 20.3 Å². The van der Waals surface area contributed by atoms with E-state index in [1.165, 1.54) is 12.8 Å². The van der Waals surface area contributed by atoms with Gasteiger partial charge in [0.2, 0.25) is 0 Å². The van der Waals surface area contributed by atoms with Crippen molar-refractivity contribution in [2.75, 3.05) is 20.3 Å². The summed E-state index contributed by atoms with van der Waals surface area (Å²) in [6.45, 7) is 4.85. The maximum atomic E-state index is 9.82. The van der Waals surface area contributed by atoms with Crippen molar-refractivity contribution in [3.63, 3.8) is 0 Å². The smallest absolute Gasteiger partial charge is 0.0947 e. The minimum atomic E-state index is -0.594. The summed E-state index contributed by atoms with van der Waals surface area (Å²) in [5, 5.41) is 9.82. The molecule has 0 radical (unpaired) electrons. The molecule has 0 aliphatic heterocycles. The number of aliphatic hydroxyl groups excluding tert-OH is 1. The van der Waals surface area contributed by atoms with E-state index in [1.807, 2.05) is 13.8 Å². The van der Waals surface area contributed by atoms with Gasteiger partial charge in [-0.15, -0.1) is 0 Å². The summed E-state index contributed by atoms with van der Waals surface area (Å²) in [7, 11) is 1.75. The fourth-order valence-corrected chi connectivity index (χ4v) is 2.31. The molecule has 4 nitrogen and oxygen atoms in total. The van der Waals surface area contributed by atoms with Crippen molar-refractivity contribution in [1.82, 2.24) is 0 Å². The summed E-state index contributed by atoms with van der Waals surface area (Å²) in [5.41, 5.74) is 5.24. The molecular weight excluding hydrogens is 230 g/mol. The van der Waals surface area contributed by atoms with E-state index in [-0.39, 0.29) is 0 Å². The molecule has 0 aromatic heterocycles. The Morgan fingerprint density at radius 2 is 1.89 bits per heavy atom. The fraction of sp³-hybridized carbons (Fsp3) is 1.00. The van der Waals surface area contributed by atoms with E-state index in [2.05, 4.69) is 0 Å². The molecule has 0 aromatic rings. The zero-order valence-electron chi connectivity index (χ0n) is 12.0. The third kappa shape index (κ3) is 5.65. The lowest BCUT2D eigenvalue weighted by molar-refractivity contribution is -0.0488. The second kappa shape index (κ2) is 7.43. The van der Waals surface area contributed by atoms with Crippen molar-refractivity contribution in [3.8, 4) is 0 Å². The standard InChI is InChI=1S/C14H29NO3/c1-14(2,15)13(16)10-18-12-6-4-11(5-7-12)8-9-17-3/h11-13,16H,4-10,15H2,1-3H3. The first-order chi connectivity index (χ1) is 8.43. The average Bonchev–Trinajstić information content (AvgIpc) is 2.33. The van der Waals surface area contributed by atoms with Gasteiger partial charge in [-0.25, -0.2) is 0 Å². The average molecular weight is 259 g/mol. The van der Waals surface area contributed by atoms with Gasteiger partial charge in [0, 0.05) is 19.3 Å². The molecule has 108 valence electrons.